The molecule has 0 aliphatic carbocycles. The third-order valence-electron chi connectivity index (χ3n) is 5.47. The number of aliphatic hydroxyl groups is 1. The fraction of sp³-hybridized carbons (Fsp3) is 0.222. The van der Waals surface area contributed by atoms with E-state index in [1.54, 1.807) is 31.4 Å². The molecule has 0 aliphatic heterocycles. The van der Waals surface area contributed by atoms with Crippen molar-refractivity contribution in [2.45, 2.75) is 6.10 Å². The summed E-state index contributed by atoms with van der Waals surface area (Å²) in [6, 6.07) is 20.2. The van der Waals surface area contributed by atoms with Crippen LogP contribution in [0.4, 0.5) is 0 Å². The maximum atomic E-state index is 13.1. The van der Waals surface area contributed by atoms with Crippen LogP contribution in [0, 0.1) is 0 Å². The minimum absolute atomic E-state index is 0.0507. The van der Waals surface area contributed by atoms with Crippen LogP contribution in [0.1, 0.15) is 10.6 Å². The van der Waals surface area contributed by atoms with E-state index in [0.29, 0.717) is 34.1 Å². The molecule has 2 N–H and O–H groups in total. The molecule has 4 rings (SSSR count). The van der Waals surface area contributed by atoms with Gasteiger partial charge in [-0.3, -0.25) is 4.79 Å². The Labute approximate surface area is 203 Å². The number of fused-ring (bicyclic) bond motifs is 1. The second-order valence-corrected chi connectivity index (χ2v) is 7.70. The number of ether oxygens (including phenoxy) is 4. The molecule has 1 amide bonds. The Morgan fingerprint density at radius 1 is 0.943 bits per heavy atom. The first-order valence-corrected chi connectivity index (χ1v) is 11.0. The van der Waals surface area contributed by atoms with E-state index in [4.69, 9.17) is 23.4 Å². The second kappa shape index (κ2) is 10.8. The van der Waals surface area contributed by atoms with E-state index in [9.17, 15) is 9.90 Å². The van der Waals surface area contributed by atoms with Crippen LogP contribution in [0.25, 0.3) is 22.1 Å². The standard InChI is InChI=1S/C27H27NO7/c1-31-19-12-13-20-23(14-19)35-26(24(20)17-8-5-4-6-9-17)27(30)28-15-18(29)16-34-25-21(32-2)10-7-11-22(25)33-3/h4-14,18,29H,15-16H2,1-3H3,(H,28,30). The van der Waals surface area contributed by atoms with Gasteiger partial charge in [-0.2, -0.15) is 0 Å². The Hall–Kier alpha value is -4.17. The lowest BCUT2D eigenvalue weighted by Crippen LogP contribution is -2.35. The Morgan fingerprint density at radius 2 is 1.66 bits per heavy atom. The molecular formula is C27H27NO7. The van der Waals surface area contributed by atoms with Crippen molar-refractivity contribution >= 4 is 16.9 Å². The van der Waals surface area contributed by atoms with Crippen molar-refractivity contribution in [2.75, 3.05) is 34.5 Å². The number of nitrogens with one attached hydrogen (secondary N) is 1. The molecule has 0 aliphatic rings. The number of hydrogen-bond donors (Lipinski definition) is 2. The van der Waals surface area contributed by atoms with E-state index in [-0.39, 0.29) is 18.9 Å². The third-order valence-corrected chi connectivity index (χ3v) is 5.47. The summed E-state index contributed by atoms with van der Waals surface area (Å²) in [6.45, 7) is -0.134. The number of methoxy groups -OCH3 is 3. The van der Waals surface area contributed by atoms with Crippen LogP contribution >= 0.6 is 0 Å². The Kier molecular flexibility index (Phi) is 7.42. The SMILES string of the molecule is COc1ccc2c(-c3ccccc3)c(C(=O)NCC(O)COc3c(OC)cccc3OC)oc2c1. The maximum Gasteiger partial charge on any atom is 0.287 e. The molecule has 0 fully saturated rings. The zero-order valence-electron chi connectivity index (χ0n) is 19.7. The van der Waals surface area contributed by atoms with Gasteiger partial charge in [-0.25, -0.2) is 0 Å². The van der Waals surface area contributed by atoms with Crippen LogP contribution in [0.5, 0.6) is 23.0 Å². The highest BCUT2D eigenvalue weighted by atomic mass is 16.5. The summed E-state index contributed by atoms with van der Waals surface area (Å²) >= 11 is 0. The van der Waals surface area contributed by atoms with E-state index in [2.05, 4.69) is 5.32 Å². The predicted octanol–water partition coefficient (Wildman–Crippen LogP) is 4.30. The molecule has 0 saturated carbocycles. The van der Waals surface area contributed by atoms with Gasteiger partial charge in [0.1, 0.15) is 24.0 Å². The molecule has 8 heteroatoms. The van der Waals surface area contributed by atoms with Gasteiger partial charge in [0, 0.05) is 23.6 Å². The Morgan fingerprint density at radius 3 is 2.31 bits per heavy atom. The summed E-state index contributed by atoms with van der Waals surface area (Å²) in [5, 5.41) is 14.0. The number of furan rings is 1. The van der Waals surface area contributed by atoms with Gasteiger partial charge in [-0.1, -0.05) is 36.4 Å². The molecule has 0 bridgehead atoms. The molecule has 0 radical (unpaired) electrons. The minimum atomic E-state index is -0.988. The molecule has 4 aromatic rings. The number of carbonyl (C=O) groups excluding carboxylic acids is 1. The van der Waals surface area contributed by atoms with Gasteiger partial charge in [-0.15, -0.1) is 0 Å². The van der Waals surface area contributed by atoms with Gasteiger partial charge in [0.2, 0.25) is 11.5 Å². The average Bonchev–Trinajstić information content (AvgIpc) is 3.29. The summed E-state index contributed by atoms with van der Waals surface area (Å²) in [6.07, 6.45) is -0.988. The predicted molar refractivity (Wildman–Crippen MR) is 132 cm³/mol. The highest BCUT2D eigenvalue weighted by Crippen LogP contribution is 2.37. The first kappa shape index (κ1) is 24.0. The molecular weight excluding hydrogens is 450 g/mol. The fourth-order valence-electron chi connectivity index (χ4n) is 3.74. The zero-order chi connectivity index (χ0) is 24.8. The largest absolute Gasteiger partial charge is 0.497 e. The summed E-state index contributed by atoms with van der Waals surface area (Å²) < 4.78 is 27.6. The van der Waals surface area contributed by atoms with Crippen molar-refractivity contribution < 1.29 is 33.3 Å². The molecule has 0 spiro atoms. The second-order valence-electron chi connectivity index (χ2n) is 7.70. The number of hydrogen-bond acceptors (Lipinski definition) is 7. The van der Waals surface area contributed by atoms with Gasteiger partial charge in [0.15, 0.2) is 11.5 Å². The molecule has 1 aromatic heterocycles. The molecule has 0 saturated heterocycles. The molecule has 1 heterocycles. The Balaban J connectivity index is 1.50. The number of rotatable bonds is 10. The van der Waals surface area contributed by atoms with Crippen molar-refractivity contribution in [3.05, 3.63) is 72.5 Å². The van der Waals surface area contributed by atoms with E-state index in [1.165, 1.54) is 14.2 Å². The van der Waals surface area contributed by atoms with Crippen molar-refractivity contribution in [1.29, 1.82) is 0 Å². The van der Waals surface area contributed by atoms with E-state index >= 15 is 0 Å². The van der Waals surface area contributed by atoms with E-state index in [1.807, 2.05) is 42.5 Å². The topological polar surface area (TPSA) is 99.4 Å². The van der Waals surface area contributed by atoms with Gasteiger partial charge in [0.05, 0.1) is 21.3 Å². The lowest BCUT2D eigenvalue weighted by molar-refractivity contribution is 0.0815. The van der Waals surface area contributed by atoms with Crippen molar-refractivity contribution in [2.24, 2.45) is 0 Å². The van der Waals surface area contributed by atoms with Crippen LogP contribution in [0.3, 0.4) is 0 Å². The number of benzene rings is 3. The quantitative estimate of drug-likeness (QED) is 0.351. The summed E-state index contributed by atoms with van der Waals surface area (Å²) in [7, 11) is 4.61. The molecule has 182 valence electrons. The summed E-state index contributed by atoms with van der Waals surface area (Å²) in [5.41, 5.74) is 2.04. The van der Waals surface area contributed by atoms with Crippen molar-refractivity contribution in [3.8, 4) is 34.1 Å². The van der Waals surface area contributed by atoms with Crippen LogP contribution in [0.15, 0.2) is 71.1 Å². The van der Waals surface area contributed by atoms with Crippen LogP contribution < -0.4 is 24.3 Å². The number of para-hydroxylation sites is 1. The summed E-state index contributed by atoms with van der Waals surface area (Å²) in [5.74, 6) is 1.65. The van der Waals surface area contributed by atoms with Gasteiger partial charge >= 0.3 is 0 Å². The highest BCUT2D eigenvalue weighted by molar-refractivity contribution is 6.08. The lowest BCUT2D eigenvalue weighted by Gasteiger charge is -2.17. The first-order valence-electron chi connectivity index (χ1n) is 11.0. The highest BCUT2D eigenvalue weighted by Gasteiger charge is 2.23. The average molecular weight is 478 g/mol. The van der Waals surface area contributed by atoms with Crippen LogP contribution in [0.2, 0.25) is 0 Å². The number of amides is 1. The molecule has 1 atom stereocenters. The minimum Gasteiger partial charge on any atom is -0.497 e. The molecule has 3 aromatic carbocycles. The Bertz CT molecular complexity index is 1280. The maximum absolute atomic E-state index is 13.1. The van der Waals surface area contributed by atoms with E-state index in [0.717, 1.165) is 10.9 Å². The van der Waals surface area contributed by atoms with Crippen LogP contribution in [-0.4, -0.2) is 51.6 Å². The van der Waals surface area contributed by atoms with Crippen molar-refractivity contribution in [1.82, 2.24) is 5.32 Å². The lowest BCUT2D eigenvalue weighted by atomic mass is 10.0. The van der Waals surface area contributed by atoms with Gasteiger partial charge in [-0.05, 0) is 29.8 Å². The monoisotopic (exact) mass is 477 g/mol. The summed E-state index contributed by atoms with van der Waals surface area (Å²) in [4.78, 5) is 13.1. The zero-order valence-corrected chi connectivity index (χ0v) is 19.7. The number of aliphatic hydroxyl groups excluding tert-OH is 1. The number of carbonyl (C=O) groups is 1. The van der Waals surface area contributed by atoms with Gasteiger partial charge in [0.25, 0.3) is 5.91 Å². The fourth-order valence-corrected chi connectivity index (χ4v) is 3.74. The first-order chi connectivity index (χ1) is 17.0. The molecule has 8 nitrogen and oxygen atoms in total. The third kappa shape index (κ3) is 5.17. The normalized spacial score (nSPS) is 11.7. The smallest absolute Gasteiger partial charge is 0.287 e. The van der Waals surface area contributed by atoms with Crippen LogP contribution in [-0.2, 0) is 0 Å². The van der Waals surface area contributed by atoms with E-state index < -0.39 is 12.0 Å². The molecule has 1 unspecified atom stereocenters. The van der Waals surface area contributed by atoms with Crippen molar-refractivity contribution in [3.63, 3.8) is 0 Å². The molecule has 35 heavy (non-hydrogen) atoms. The van der Waals surface area contributed by atoms with Gasteiger partial charge < -0.3 is 33.8 Å².